The normalized spacial score (nSPS) is 14.0. The third-order valence-corrected chi connectivity index (χ3v) is 4.88. The lowest BCUT2D eigenvalue weighted by molar-refractivity contribution is 0.432. The lowest BCUT2D eigenvalue weighted by Gasteiger charge is -2.12. The second-order valence-corrected chi connectivity index (χ2v) is 6.99. The molecule has 0 unspecified atom stereocenters. The maximum atomic E-state index is 12.4. The summed E-state index contributed by atoms with van der Waals surface area (Å²) in [4.78, 5) is 19.4. The highest BCUT2D eigenvalue weighted by molar-refractivity contribution is 9.10. The Labute approximate surface area is 162 Å². The van der Waals surface area contributed by atoms with E-state index in [2.05, 4.69) is 25.9 Å². The maximum absolute atomic E-state index is 12.4. The number of fused-ring (bicyclic) bond motifs is 1. The van der Waals surface area contributed by atoms with Gasteiger partial charge < -0.3 is 5.11 Å². The molecule has 4 rings (SSSR count). The van der Waals surface area contributed by atoms with Crippen molar-refractivity contribution in [2.24, 2.45) is 4.99 Å². The fourth-order valence-electron chi connectivity index (χ4n) is 2.81. The van der Waals surface area contributed by atoms with Crippen LogP contribution in [0.5, 0.6) is 5.88 Å². The number of aliphatic imine (C=N–C) groups is 1. The average molecular weight is 426 g/mol. The van der Waals surface area contributed by atoms with Crippen LogP contribution in [0.15, 0.2) is 62.8 Å². The molecular formula is C19H12BrN3O2S. The van der Waals surface area contributed by atoms with Crippen molar-refractivity contribution in [2.45, 2.75) is 0 Å². The van der Waals surface area contributed by atoms with Gasteiger partial charge in [-0.15, -0.1) is 0 Å². The second-order valence-electron chi connectivity index (χ2n) is 5.68. The molecule has 26 heavy (non-hydrogen) atoms. The van der Waals surface area contributed by atoms with Crippen molar-refractivity contribution in [1.29, 1.82) is 0 Å². The van der Waals surface area contributed by atoms with Crippen LogP contribution in [0.3, 0.4) is 0 Å². The van der Waals surface area contributed by atoms with Crippen molar-refractivity contribution < 1.29 is 5.11 Å². The van der Waals surface area contributed by atoms with Crippen LogP contribution in [0, 0.1) is 4.77 Å². The zero-order valence-electron chi connectivity index (χ0n) is 13.3. The second kappa shape index (κ2) is 6.51. The van der Waals surface area contributed by atoms with E-state index in [1.165, 1.54) is 4.57 Å². The summed E-state index contributed by atoms with van der Waals surface area (Å²) in [6, 6.07) is 14.9. The van der Waals surface area contributed by atoms with Crippen LogP contribution in [0.4, 0.5) is 5.69 Å². The van der Waals surface area contributed by atoms with Gasteiger partial charge in [0.2, 0.25) is 5.88 Å². The highest BCUT2D eigenvalue weighted by Crippen LogP contribution is 2.33. The number of allylic oxidation sites excluding steroid dienone is 1. The topological polar surface area (TPSA) is 70.4 Å². The molecule has 5 nitrogen and oxygen atoms in total. The number of aromatic nitrogens is 2. The molecule has 0 saturated carbocycles. The molecule has 0 radical (unpaired) electrons. The minimum atomic E-state index is -0.453. The van der Waals surface area contributed by atoms with E-state index in [0.29, 0.717) is 5.69 Å². The number of para-hydroxylation sites is 1. The average Bonchev–Trinajstić information content (AvgIpc) is 3.03. The van der Waals surface area contributed by atoms with E-state index >= 15 is 0 Å². The zero-order valence-corrected chi connectivity index (χ0v) is 15.7. The number of benzene rings is 2. The minimum absolute atomic E-state index is 0.123. The van der Waals surface area contributed by atoms with Crippen LogP contribution < -0.4 is 5.56 Å². The van der Waals surface area contributed by atoms with Crippen LogP contribution >= 0.6 is 28.1 Å². The Balaban J connectivity index is 1.91. The molecular weight excluding hydrogens is 414 g/mol. The monoisotopic (exact) mass is 425 g/mol. The van der Waals surface area contributed by atoms with Crippen molar-refractivity contribution in [3.05, 3.63) is 79.3 Å². The Kier molecular flexibility index (Phi) is 4.18. The van der Waals surface area contributed by atoms with Gasteiger partial charge in [-0.25, -0.2) is 0 Å². The molecule has 1 aliphatic heterocycles. The molecule has 3 aromatic rings. The van der Waals surface area contributed by atoms with Crippen LogP contribution in [0.1, 0.15) is 11.1 Å². The van der Waals surface area contributed by atoms with Gasteiger partial charge >= 0.3 is 0 Å². The SMILES string of the molecule is O=c1[nH]c(=S)n(-c2ccc(Br)cc2)c(O)c1/C=C1\C=Nc2ccccc21. The molecule has 0 saturated heterocycles. The lowest BCUT2D eigenvalue weighted by atomic mass is 10.1. The number of aromatic amines is 1. The van der Waals surface area contributed by atoms with Gasteiger partial charge in [0.1, 0.15) is 5.56 Å². The van der Waals surface area contributed by atoms with Gasteiger partial charge in [-0.3, -0.25) is 19.3 Å². The number of nitrogens with zero attached hydrogens (tertiary/aromatic N) is 2. The fraction of sp³-hybridized carbons (Fsp3) is 0. The molecule has 7 heteroatoms. The summed E-state index contributed by atoms with van der Waals surface area (Å²) in [7, 11) is 0. The van der Waals surface area contributed by atoms with Gasteiger partial charge in [-0.2, -0.15) is 0 Å². The number of nitrogens with one attached hydrogen (secondary N) is 1. The molecule has 0 amide bonds. The van der Waals surface area contributed by atoms with Crippen molar-refractivity contribution in [2.75, 3.05) is 0 Å². The highest BCUT2D eigenvalue weighted by atomic mass is 79.9. The maximum Gasteiger partial charge on any atom is 0.262 e. The Morgan fingerprint density at radius 1 is 1.15 bits per heavy atom. The predicted molar refractivity (Wildman–Crippen MR) is 109 cm³/mol. The molecule has 128 valence electrons. The highest BCUT2D eigenvalue weighted by Gasteiger charge is 2.16. The number of hydrogen-bond donors (Lipinski definition) is 2. The van der Waals surface area contributed by atoms with Crippen LogP contribution in [0.2, 0.25) is 0 Å². The standard InChI is InChI=1S/C19H12BrN3O2S/c20-12-5-7-13(8-6-12)23-18(25)15(17(24)22-19(23)26)9-11-10-21-16-4-2-1-3-14(11)16/h1-10,25H,(H,22,24,26)/b11-9+. The van der Waals surface area contributed by atoms with Gasteiger partial charge in [0.25, 0.3) is 5.56 Å². The van der Waals surface area contributed by atoms with E-state index in [-0.39, 0.29) is 16.2 Å². The number of hydrogen-bond acceptors (Lipinski definition) is 4. The summed E-state index contributed by atoms with van der Waals surface area (Å²) in [5.74, 6) is -0.216. The third kappa shape index (κ3) is 2.85. The molecule has 0 spiro atoms. The van der Waals surface area contributed by atoms with Crippen molar-refractivity contribution >= 4 is 51.7 Å². The van der Waals surface area contributed by atoms with Gasteiger partial charge in [-0.05, 0) is 48.6 Å². The number of aromatic hydroxyl groups is 1. The van der Waals surface area contributed by atoms with E-state index in [0.717, 1.165) is 21.3 Å². The Morgan fingerprint density at radius 3 is 2.65 bits per heavy atom. The molecule has 0 atom stereocenters. The first-order chi connectivity index (χ1) is 12.5. The quantitative estimate of drug-likeness (QED) is 0.588. The smallest absolute Gasteiger partial charge is 0.262 e. The van der Waals surface area contributed by atoms with Gasteiger partial charge in [0.05, 0.1) is 11.4 Å². The predicted octanol–water partition coefficient (Wildman–Crippen LogP) is 4.62. The first-order valence-electron chi connectivity index (χ1n) is 7.74. The van der Waals surface area contributed by atoms with E-state index in [4.69, 9.17) is 12.2 Å². The number of rotatable bonds is 2. The van der Waals surface area contributed by atoms with Gasteiger partial charge in [0, 0.05) is 21.8 Å². The first-order valence-corrected chi connectivity index (χ1v) is 8.94. The summed E-state index contributed by atoms with van der Waals surface area (Å²) in [5.41, 5.74) is 2.80. The lowest BCUT2D eigenvalue weighted by Crippen LogP contribution is -2.16. The van der Waals surface area contributed by atoms with Gasteiger partial charge in [0.15, 0.2) is 4.77 Å². The van der Waals surface area contributed by atoms with E-state index in [1.54, 1.807) is 24.4 Å². The van der Waals surface area contributed by atoms with Crippen LogP contribution in [-0.4, -0.2) is 20.9 Å². The van der Waals surface area contributed by atoms with E-state index in [9.17, 15) is 9.90 Å². The van der Waals surface area contributed by atoms with Gasteiger partial charge in [-0.1, -0.05) is 34.1 Å². The fourth-order valence-corrected chi connectivity index (χ4v) is 3.36. The minimum Gasteiger partial charge on any atom is -0.494 e. The summed E-state index contributed by atoms with van der Waals surface area (Å²) >= 11 is 8.61. The summed E-state index contributed by atoms with van der Waals surface area (Å²) in [5, 5.41) is 10.8. The third-order valence-electron chi connectivity index (χ3n) is 4.06. The summed E-state index contributed by atoms with van der Waals surface area (Å²) in [6.45, 7) is 0. The molecule has 2 N–H and O–H groups in total. The molecule has 2 heterocycles. The Bertz CT molecular complexity index is 1190. The molecule has 1 aliphatic rings. The molecule has 1 aromatic heterocycles. The van der Waals surface area contributed by atoms with Crippen molar-refractivity contribution in [3.63, 3.8) is 0 Å². The molecule has 0 aliphatic carbocycles. The van der Waals surface area contributed by atoms with E-state index < -0.39 is 5.56 Å². The number of halogens is 1. The zero-order chi connectivity index (χ0) is 18.3. The molecule has 0 bridgehead atoms. The first kappa shape index (κ1) is 16.7. The summed E-state index contributed by atoms with van der Waals surface area (Å²) in [6.07, 6.45) is 3.29. The van der Waals surface area contributed by atoms with Crippen molar-refractivity contribution in [1.82, 2.24) is 9.55 Å². The number of H-pyrrole nitrogens is 1. The molecule has 0 fully saturated rings. The Morgan fingerprint density at radius 2 is 1.88 bits per heavy atom. The van der Waals surface area contributed by atoms with Crippen LogP contribution in [0.25, 0.3) is 17.3 Å². The Hall–Kier alpha value is -2.77. The van der Waals surface area contributed by atoms with E-state index in [1.807, 2.05) is 36.4 Å². The molecule has 2 aromatic carbocycles. The summed E-state index contributed by atoms with van der Waals surface area (Å²) < 4.78 is 2.45. The largest absolute Gasteiger partial charge is 0.494 e. The van der Waals surface area contributed by atoms with Crippen LogP contribution in [-0.2, 0) is 0 Å². The van der Waals surface area contributed by atoms with Crippen molar-refractivity contribution in [3.8, 4) is 11.6 Å².